The lowest BCUT2D eigenvalue weighted by atomic mass is 9.83. The van der Waals surface area contributed by atoms with Gasteiger partial charge in [0.2, 0.25) is 5.34 Å². The Kier molecular flexibility index (Phi) is 5.57. The van der Waals surface area contributed by atoms with Gasteiger partial charge in [-0.3, -0.25) is 4.57 Å². The zero-order chi connectivity index (χ0) is 19.3. The number of hydrogen-bond acceptors (Lipinski definition) is 3. The third-order valence-corrected chi connectivity index (χ3v) is 5.95. The van der Waals surface area contributed by atoms with Crippen molar-refractivity contribution in [1.29, 1.82) is 0 Å². The summed E-state index contributed by atoms with van der Waals surface area (Å²) >= 11 is 0. The van der Waals surface area contributed by atoms with E-state index in [1.165, 1.54) is 18.6 Å². The van der Waals surface area contributed by atoms with Crippen LogP contribution in [0.25, 0.3) is 0 Å². The third kappa shape index (κ3) is 3.58. The summed E-state index contributed by atoms with van der Waals surface area (Å²) in [5, 5.41) is -2.25. The van der Waals surface area contributed by atoms with E-state index in [0.29, 0.717) is 11.1 Å². The monoisotopic (exact) mass is 381 g/mol. The first kappa shape index (κ1) is 19.1. The minimum Gasteiger partial charge on any atom is -0.432 e. The van der Waals surface area contributed by atoms with Gasteiger partial charge in [-0.15, -0.1) is 0 Å². The molecular weight excluding hydrogens is 363 g/mol. The van der Waals surface area contributed by atoms with E-state index >= 15 is 0 Å². The minimum absolute atomic E-state index is 0.194. The summed E-state index contributed by atoms with van der Waals surface area (Å²) in [4.78, 5) is 32.1. The van der Waals surface area contributed by atoms with Crippen molar-refractivity contribution in [2.75, 3.05) is 0 Å². The molecule has 3 rings (SSSR count). The molecule has 0 aliphatic carbocycles. The molecule has 5 nitrogen and oxygen atoms in total. The maximum atomic E-state index is 12.8. The predicted octanol–water partition coefficient (Wildman–Crippen LogP) is 3.93. The lowest BCUT2D eigenvalue weighted by molar-refractivity contribution is 0.0813. The minimum atomic E-state index is -5.02. The first-order valence-corrected chi connectivity index (χ1v) is 9.88. The molecule has 2 N–H and O–H groups in total. The number of carbonyl (C=O) groups excluding carboxylic acids is 1. The first-order valence-electron chi connectivity index (χ1n) is 8.27. The molecule has 0 fully saturated rings. The lowest BCUT2D eigenvalue weighted by Gasteiger charge is -2.39. The fraction of sp³-hybridized carbons (Fsp3) is 0.0952. The summed E-state index contributed by atoms with van der Waals surface area (Å²) < 4.78 is 18.0. The summed E-state index contributed by atoms with van der Waals surface area (Å²) in [7, 11) is -5.02. The van der Waals surface area contributed by atoms with E-state index in [1.54, 1.807) is 78.9 Å². The van der Waals surface area contributed by atoms with Crippen LogP contribution in [0.1, 0.15) is 22.6 Å². The predicted molar refractivity (Wildman–Crippen MR) is 102 cm³/mol. The molecule has 27 heavy (non-hydrogen) atoms. The molecule has 0 saturated carbocycles. The van der Waals surface area contributed by atoms with E-state index in [0.717, 1.165) is 0 Å². The molecule has 0 saturated heterocycles. The molecule has 0 spiro atoms. The van der Waals surface area contributed by atoms with Crippen molar-refractivity contribution in [3.8, 4) is 0 Å². The van der Waals surface area contributed by atoms with Crippen LogP contribution < -0.4 is 0 Å². The van der Waals surface area contributed by atoms with Gasteiger partial charge in [0.05, 0.1) is 5.92 Å². The van der Waals surface area contributed by atoms with Gasteiger partial charge in [-0.1, -0.05) is 91.0 Å². The molecule has 0 bridgehead atoms. The molecule has 3 aromatic rings. The van der Waals surface area contributed by atoms with Crippen molar-refractivity contribution in [1.82, 2.24) is 0 Å². The Morgan fingerprint density at radius 1 is 0.778 bits per heavy atom. The zero-order valence-corrected chi connectivity index (χ0v) is 15.2. The molecular formula is C21H18O5P. The van der Waals surface area contributed by atoms with Crippen LogP contribution in [-0.4, -0.2) is 16.3 Å². The standard InChI is InChI=1S/C21H18O5P/c22-16-26-21(27(23,24)25,19-14-8-3-9-15-19)20(17-10-4-1-5-11-17)18-12-6-2-7-13-18/h1-15,20H,(H2,23,24,25). The number of ether oxygens (including phenoxy) is 1. The molecule has 0 amide bonds. The molecule has 0 aliphatic rings. The Hall–Kier alpha value is -2.72. The van der Waals surface area contributed by atoms with Gasteiger partial charge in [0.25, 0.3) is 0 Å². The van der Waals surface area contributed by atoms with Gasteiger partial charge in [-0.05, 0) is 11.1 Å². The highest BCUT2D eigenvalue weighted by molar-refractivity contribution is 7.53. The highest BCUT2D eigenvalue weighted by Crippen LogP contribution is 2.65. The largest absolute Gasteiger partial charge is 0.432 e. The summed E-state index contributed by atoms with van der Waals surface area (Å²) in [5.74, 6) is -0.940. The van der Waals surface area contributed by atoms with Crippen molar-refractivity contribution in [2.45, 2.75) is 11.3 Å². The van der Waals surface area contributed by atoms with Crippen LogP contribution in [0, 0.1) is 0 Å². The van der Waals surface area contributed by atoms with Gasteiger partial charge in [-0.2, -0.15) is 0 Å². The fourth-order valence-electron chi connectivity index (χ4n) is 3.36. The van der Waals surface area contributed by atoms with Gasteiger partial charge < -0.3 is 14.5 Å². The van der Waals surface area contributed by atoms with E-state index in [9.17, 15) is 19.1 Å². The average molecular weight is 381 g/mol. The third-order valence-electron chi connectivity index (χ3n) is 4.47. The quantitative estimate of drug-likeness (QED) is 0.606. The first-order chi connectivity index (χ1) is 13.0. The molecule has 0 heterocycles. The molecule has 1 atom stereocenters. The van der Waals surface area contributed by atoms with Crippen molar-refractivity contribution in [3.05, 3.63) is 108 Å². The maximum Gasteiger partial charge on any atom is 0.419 e. The van der Waals surface area contributed by atoms with E-state index in [4.69, 9.17) is 4.74 Å². The topological polar surface area (TPSA) is 83.8 Å². The normalized spacial score (nSPS) is 13.7. The number of rotatable bonds is 7. The van der Waals surface area contributed by atoms with Crippen LogP contribution in [0.2, 0.25) is 0 Å². The van der Waals surface area contributed by atoms with Crippen LogP contribution in [0.4, 0.5) is 0 Å². The van der Waals surface area contributed by atoms with Crippen LogP contribution in [0.15, 0.2) is 91.0 Å². The lowest BCUT2D eigenvalue weighted by Crippen LogP contribution is -2.37. The summed E-state index contributed by atoms with van der Waals surface area (Å²) in [6.07, 6.45) is 0. The molecule has 137 valence electrons. The highest BCUT2D eigenvalue weighted by Gasteiger charge is 2.58. The Morgan fingerprint density at radius 2 is 1.19 bits per heavy atom. The highest BCUT2D eigenvalue weighted by atomic mass is 31.2. The molecule has 0 aromatic heterocycles. The zero-order valence-electron chi connectivity index (χ0n) is 14.3. The molecule has 1 radical (unpaired) electrons. The second-order valence-electron chi connectivity index (χ2n) is 6.05. The van der Waals surface area contributed by atoms with Crippen molar-refractivity contribution in [2.24, 2.45) is 0 Å². The SMILES string of the molecule is O=[C]OC(c1ccccc1)(C(c1ccccc1)c1ccccc1)P(=O)(O)O. The van der Waals surface area contributed by atoms with Crippen molar-refractivity contribution < 1.29 is 23.9 Å². The average Bonchev–Trinajstić information content (AvgIpc) is 2.69. The summed E-state index contributed by atoms with van der Waals surface area (Å²) in [6, 6.07) is 25.8. The fourth-order valence-corrected chi connectivity index (χ4v) is 4.63. The van der Waals surface area contributed by atoms with Gasteiger partial charge in [0, 0.05) is 5.56 Å². The number of benzene rings is 3. The van der Waals surface area contributed by atoms with Crippen LogP contribution >= 0.6 is 7.60 Å². The van der Waals surface area contributed by atoms with E-state index in [2.05, 4.69) is 0 Å². The van der Waals surface area contributed by atoms with Crippen molar-refractivity contribution >= 4 is 14.1 Å². The Bertz CT molecular complexity index is 885. The summed E-state index contributed by atoms with van der Waals surface area (Å²) in [6.45, 7) is 1.29. The van der Waals surface area contributed by atoms with Crippen LogP contribution in [-0.2, 0) is 19.4 Å². The van der Waals surface area contributed by atoms with Gasteiger partial charge in [-0.25, -0.2) is 4.79 Å². The van der Waals surface area contributed by atoms with Crippen LogP contribution in [0.3, 0.4) is 0 Å². The molecule has 1 unspecified atom stereocenters. The summed E-state index contributed by atoms with van der Waals surface area (Å²) in [5.41, 5.74) is 1.40. The van der Waals surface area contributed by atoms with Gasteiger partial charge >= 0.3 is 14.1 Å². The number of hydrogen-bond donors (Lipinski definition) is 2. The molecule has 3 aromatic carbocycles. The van der Waals surface area contributed by atoms with E-state index < -0.39 is 18.9 Å². The Morgan fingerprint density at radius 3 is 1.56 bits per heavy atom. The smallest absolute Gasteiger partial charge is 0.419 e. The molecule has 6 heteroatoms. The van der Waals surface area contributed by atoms with Crippen molar-refractivity contribution in [3.63, 3.8) is 0 Å². The second-order valence-corrected chi connectivity index (χ2v) is 7.80. The Labute approximate surface area is 157 Å². The maximum absolute atomic E-state index is 12.8. The van der Waals surface area contributed by atoms with Gasteiger partial charge in [0.15, 0.2) is 0 Å². The van der Waals surface area contributed by atoms with E-state index in [-0.39, 0.29) is 5.56 Å². The second kappa shape index (κ2) is 7.89. The van der Waals surface area contributed by atoms with Crippen LogP contribution in [0.5, 0.6) is 0 Å². The van der Waals surface area contributed by atoms with Gasteiger partial charge in [0.1, 0.15) is 0 Å². The van der Waals surface area contributed by atoms with E-state index in [1.807, 2.05) is 0 Å². The Balaban J connectivity index is 2.39. The molecule has 0 aliphatic heterocycles.